The van der Waals surface area contributed by atoms with Crippen LogP contribution in [0.2, 0.25) is 0 Å². The summed E-state index contributed by atoms with van der Waals surface area (Å²) < 4.78 is 62.7. The van der Waals surface area contributed by atoms with E-state index >= 15 is 0 Å². The molecule has 0 saturated carbocycles. The zero-order valence-electron chi connectivity index (χ0n) is 18.7. The van der Waals surface area contributed by atoms with Gasteiger partial charge in [-0.25, -0.2) is 13.2 Å². The standard InChI is InChI=1S/C22H26F3N3O5/c1-5-31-20(29)11(2)17-15(21-32-9-10-33-21)19(28-22(27-17)30-4)26-12(3)13-7-6-8-14(16(13)23)18(24)25/h6-8,11-12,18,21H,5,9-10H2,1-4H3,(H,26,27,28). The first-order valence-corrected chi connectivity index (χ1v) is 10.5. The second-order valence-electron chi connectivity index (χ2n) is 7.32. The summed E-state index contributed by atoms with van der Waals surface area (Å²) in [7, 11) is 1.36. The molecule has 2 atom stereocenters. The fourth-order valence-electron chi connectivity index (χ4n) is 3.49. The van der Waals surface area contributed by atoms with Crippen molar-refractivity contribution in [1.29, 1.82) is 0 Å². The van der Waals surface area contributed by atoms with Crippen LogP contribution in [0.25, 0.3) is 0 Å². The van der Waals surface area contributed by atoms with Gasteiger partial charge in [0, 0.05) is 5.56 Å². The summed E-state index contributed by atoms with van der Waals surface area (Å²) in [6.45, 7) is 5.69. The molecule has 1 N–H and O–H groups in total. The fraction of sp³-hybridized carbons (Fsp3) is 0.500. The SMILES string of the molecule is CCOC(=O)C(C)c1nc(OC)nc(NC(C)c2cccc(C(F)F)c2F)c1C1OCCO1. The first kappa shape index (κ1) is 24.7. The first-order valence-electron chi connectivity index (χ1n) is 10.5. The Kier molecular flexibility index (Phi) is 8.09. The molecule has 2 aromatic rings. The lowest BCUT2D eigenvalue weighted by Gasteiger charge is -2.24. The lowest BCUT2D eigenvalue weighted by atomic mass is 10.0. The van der Waals surface area contributed by atoms with E-state index in [-0.39, 0.29) is 29.7 Å². The van der Waals surface area contributed by atoms with Gasteiger partial charge in [-0.3, -0.25) is 4.79 Å². The van der Waals surface area contributed by atoms with Gasteiger partial charge in [0.15, 0.2) is 6.29 Å². The normalized spacial score (nSPS) is 16.0. The molecule has 180 valence electrons. The van der Waals surface area contributed by atoms with Gasteiger partial charge in [-0.1, -0.05) is 18.2 Å². The number of nitrogens with one attached hydrogen (secondary N) is 1. The molecule has 0 aliphatic carbocycles. The van der Waals surface area contributed by atoms with E-state index in [1.54, 1.807) is 20.8 Å². The van der Waals surface area contributed by atoms with E-state index in [9.17, 15) is 18.0 Å². The molecule has 8 nitrogen and oxygen atoms in total. The van der Waals surface area contributed by atoms with Crippen molar-refractivity contribution in [2.24, 2.45) is 0 Å². The molecule has 1 saturated heterocycles. The summed E-state index contributed by atoms with van der Waals surface area (Å²) in [6, 6.07) is 2.96. The number of hydrogen-bond donors (Lipinski definition) is 1. The van der Waals surface area contributed by atoms with Crippen molar-refractivity contribution in [2.45, 2.75) is 45.4 Å². The summed E-state index contributed by atoms with van der Waals surface area (Å²) >= 11 is 0. The topological polar surface area (TPSA) is 91.8 Å². The Labute approximate surface area is 189 Å². The number of rotatable bonds is 9. The number of anilines is 1. The third-order valence-electron chi connectivity index (χ3n) is 5.16. The third kappa shape index (κ3) is 5.36. The number of nitrogens with zero attached hydrogens (tertiary/aromatic N) is 2. The smallest absolute Gasteiger partial charge is 0.318 e. The number of carbonyl (C=O) groups excluding carboxylic acids is 1. The van der Waals surface area contributed by atoms with E-state index in [2.05, 4.69) is 15.3 Å². The molecule has 1 aromatic carbocycles. The van der Waals surface area contributed by atoms with Crippen LogP contribution in [0.4, 0.5) is 19.0 Å². The number of alkyl halides is 2. The van der Waals surface area contributed by atoms with E-state index in [4.69, 9.17) is 18.9 Å². The highest BCUT2D eigenvalue weighted by atomic mass is 19.3. The van der Waals surface area contributed by atoms with E-state index in [1.165, 1.54) is 19.2 Å². The van der Waals surface area contributed by atoms with Crippen molar-refractivity contribution in [2.75, 3.05) is 32.2 Å². The predicted octanol–water partition coefficient (Wildman–Crippen LogP) is 4.45. The molecular weight excluding hydrogens is 443 g/mol. The highest BCUT2D eigenvalue weighted by molar-refractivity contribution is 5.78. The molecule has 1 aliphatic rings. The van der Waals surface area contributed by atoms with E-state index in [0.29, 0.717) is 18.8 Å². The molecule has 1 aromatic heterocycles. The number of hydrogen-bond acceptors (Lipinski definition) is 8. The summed E-state index contributed by atoms with van der Waals surface area (Å²) in [5.41, 5.74) is -0.0971. The molecule has 1 fully saturated rings. The second-order valence-corrected chi connectivity index (χ2v) is 7.32. The quantitative estimate of drug-likeness (QED) is 0.539. The van der Waals surface area contributed by atoms with E-state index in [1.807, 2.05) is 0 Å². The molecule has 1 aliphatic heterocycles. The van der Waals surface area contributed by atoms with Crippen LogP contribution in [0.5, 0.6) is 6.01 Å². The van der Waals surface area contributed by atoms with Crippen molar-refractivity contribution in [1.82, 2.24) is 9.97 Å². The van der Waals surface area contributed by atoms with Crippen molar-refractivity contribution in [3.05, 3.63) is 46.4 Å². The van der Waals surface area contributed by atoms with Gasteiger partial charge in [-0.2, -0.15) is 9.97 Å². The minimum atomic E-state index is -2.95. The number of halogens is 3. The molecule has 0 amide bonds. The maximum absolute atomic E-state index is 14.7. The van der Waals surface area contributed by atoms with Crippen LogP contribution >= 0.6 is 0 Å². The number of benzene rings is 1. The Bertz CT molecular complexity index is 986. The summed E-state index contributed by atoms with van der Waals surface area (Å²) in [6.07, 6.45) is -3.85. The highest BCUT2D eigenvalue weighted by Gasteiger charge is 2.33. The average molecular weight is 469 g/mol. The van der Waals surface area contributed by atoms with Crippen molar-refractivity contribution < 1.29 is 36.9 Å². The van der Waals surface area contributed by atoms with Crippen LogP contribution in [-0.2, 0) is 19.0 Å². The van der Waals surface area contributed by atoms with Crippen LogP contribution < -0.4 is 10.1 Å². The Hall–Kier alpha value is -2.92. The van der Waals surface area contributed by atoms with Crippen LogP contribution in [-0.4, -0.2) is 42.9 Å². The Morgan fingerprint density at radius 1 is 1.21 bits per heavy atom. The number of esters is 1. The van der Waals surface area contributed by atoms with E-state index < -0.39 is 42.0 Å². The lowest BCUT2D eigenvalue weighted by molar-refractivity contribution is -0.144. The second kappa shape index (κ2) is 10.8. The maximum atomic E-state index is 14.7. The molecule has 0 spiro atoms. The summed E-state index contributed by atoms with van der Waals surface area (Å²) in [5, 5.41) is 3.02. The van der Waals surface area contributed by atoms with Crippen molar-refractivity contribution in [3.63, 3.8) is 0 Å². The number of carbonyl (C=O) groups is 1. The molecular formula is C22H26F3N3O5. The van der Waals surface area contributed by atoms with Gasteiger partial charge in [0.2, 0.25) is 0 Å². The molecule has 11 heteroatoms. The largest absolute Gasteiger partial charge is 0.467 e. The van der Waals surface area contributed by atoms with Crippen LogP contribution in [0.3, 0.4) is 0 Å². The van der Waals surface area contributed by atoms with Crippen LogP contribution in [0.1, 0.15) is 67.8 Å². The van der Waals surface area contributed by atoms with Gasteiger partial charge < -0.3 is 24.3 Å². The van der Waals surface area contributed by atoms with Crippen LogP contribution in [0, 0.1) is 5.82 Å². The fourth-order valence-corrected chi connectivity index (χ4v) is 3.49. The third-order valence-corrected chi connectivity index (χ3v) is 5.16. The molecule has 33 heavy (non-hydrogen) atoms. The van der Waals surface area contributed by atoms with Gasteiger partial charge in [0.25, 0.3) is 6.43 Å². The summed E-state index contributed by atoms with van der Waals surface area (Å²) in [4.78, 5) is 21.1. The minimum Gasteiger partial charge on any atom is -0.467 e. The molecule has 2 unspecified atom stereocenters. The van der Waals surface area contributed by atoms with Gasteiger partial charge in [0.1, 0.15) is 11.6 Å². The Balaban J connectivity index is 2.07. The molecule has 0 radical (unpaired) electrons. The van der Waals surface area contributed by atoms with Crippen molar-refractivity contribution >= 4 is 11.8 Å². The zero-order chi connectivity index (χ0) is 24.1. The maximum Gasteiger partial charge on any atom is 0.318 e. The zero-order valence-corrected chi connectivity index (χ0v) is 18.7. The monoisotopic (exact) mass is 469 g/mol. The molecule has 0 bridgehead atoms. The molecule has 2 heterocycles. The average Bonchev–Trinajstić information content (AvgIpc) is 3.32. The van der Waals surface area contributed by atoms with Gasteiger partial charge in [-0.05, 0) is 20.8 Å². The summed E-state index contributed by atoms with van der Waals surface area (Å²) in [5.74, 6) is -2.19. The van der Waals surface area contributed by atoms with Gasteiger partial charge in [0.05, 0.1) is 55.7 Å². The van der Waals surface area contributed by atoms with Gasteiger partial charge in [-0.15, -0.1) is 0 Å². The van der Waals surface area contributed by atoms with Crippen molar-refractivity contribution in [3.8, 4) is 6.01 Å². The number of methoxy groups -OCH3 is 1. The Morgan fingerprint density at radius 3 is 2.48 bits per heavy atom. The Morgan fingerprint density at radius 2 is 1.88 bits per heavy atom. The lowest BCUT2D eigenvalue weighted by Crippen LogP contribution is -2.21. The van der Waals surface area contributed by atoms with Crippen LogP contribution in [0.15, 0.2) is 18.2 Å². The first-order chi connectivity index (χ1) is 15.8. The van der Waals surface area contributed by atoms with Gasteiger partial charge >= 0.3 is 12.0 Å². The number of aromatic nitrogens is 2. The minimum absolute atomic E-state index is 0.0181. The number of ether oxygens (including phenoxy) is 4. The van der Waals surface area contributed by atoms with E-state index in [0.717, 1.165) is 6.07 Å². The highest BCUT2D eigenvalue weighted by Crippen LogP contribution is 2.38. The predicted molar refractivity (Wildman–Crippen MR) is 112 cm³/mol. The molecule has 3 rings (SSSR count).